The predicted octanol–water partition coefficient (Wildman–Crippen LogP) is 2.91. The van der Waals surface area contributed by atoms with Gasteiger partial charge in [0.25, 0.3) is 0 Å². The Labute approximate surface area is 69.4 Å². The molecule has 1 aliphatic heterocycles. The molecular weight excluding hydrogens is 136 g/mol. The third-order valence-electron chi connectivity index (χ3n) is 2.23. The lowest BCUT2D eigenvalue weighted by molar-refractivity contribution is -0.00899. The quantitative estimate of drug-likeness (QED) is 0.556. The summed E-state index contributed by atoms with van der Waals surface area (Å²) < 4.78 is 5.70. The van der Waals surface area contributed by atoms with E-state index >= 15 is 0 Å². The molecule has 0 aromatic heterocycles. The highest BCUT2D eigenvalue weighted by Gasteiger charge is 2.23. The van der Waals surface area contributed by atoms with Crippen molar-refractivity contribution in [2.24, 2.45) is 0 Å². The van der Waals surface area contributed by atoms with Gasteiger partial charge in [-0.2, -0.15) is 0 Å². The molecular formula is C10H18O. The van der Waals surface area contributed by atoms with E-state index in [4.69, 9.17) is 4.74 Å². The van der Waals surface area contributed by atoms with E-state index in [1.165, 1.54) is 12.0 Å². The molecule has 1 heteroatoms. The van der Waals surface area contributed by atoms with Gasteiger partial charge in [0.15, 0.2) is 0 Å². The second-order valence-electron chi connectivity index (χ2n) is 3.65. The predicted molar refractivity (Wildman–Crippen MR) is 47.6 cm³/mol. The van der Waals surface area contributed by atoms with Gasteiger partial charge in [-0.3, -0.25) is 0 Å². The lowest BCUT2D eigenvalue weighted by Crippen LogP contribution is -2.29. The molecule has 0 radical (unpaired) electrons. The summed E-state index contributed by atoms with van der Waals surface area (Å²) in [4.78, 5) is 0. The largest absolute Gasteiger partial charge is 0.371 e. The SMILES string of the molecule is CCCC1(C)C=C(C)CCO1. The van der Waals surface area contributed by atoms with Crippen LogP contribution in [0, 0.1) is 0 Å². The van der Waals surface area contributed by atoms with Crippen LogP contribution < -0.4 is 0 Å². The van der Waals surface area contributed by atoms with E-state index in [1.807, 2.05) is 0 Å². The van der Waals surface area contributed by atoms with Crippen LogP contribution in [-0.2, 0) is 4.74 Å². The van der Waals surface area contributed by atoms with E-state index in [0.717, 1.165) is 19.4 Å². The topological polar surface area (TPSA) is 9.23 Å². The van der Waals surface area contributed by atoms with Gasteiger partial charge in [0.2, 0.25) is 0 Å². The summed E-state index contributed by atoms with van der Waals surface area (Å²) in [5.74, 6) is 0. The van der Waals surface area contributed by atoms with Gasteiger partial charge >= 0.3 is 0 Å². The van der Waals surface area contributed by atoms with E-state index in [2.05, 4.69) is 26.8 Å². The van der Waals surface area contributed by atoms with Gasteiger partial charge in [-0.1, -0.05) is 25.0 Å². The molecule has 0 amide bonds. The fraction of sp³-hybridized carbons (Fsp3) is 0.800. The van der Waals surface area contributed by atoms with Gasteiger partial charge in [0.1, 0.15) is 0 Å². The Kier molecular flexibility index (Phi) is 2.72. The Bertz CT molecular complexity index is 160. The van der Waals surface area contributed by atoms with Gasteiger partial charge in [-0.15, -0.1) is 0 Å². The third-order valence-corrected chi connectivity index (χ3v) is 2.23. The molecule has 0 aromatic rings. The molecule has 1 nitrogen and oxygen atoms in total. The van der Waals surface area contributed by atoms with Gasteiger partial charge in [0, 0.05) is 0 Å². The second-order valence-corrected chi connectivity index (χ2v) is 3.65. The van der Waals surface area contributed by atoms with Crippen LogP contribution in [0.5, 0.6) is 0 Å². The van der Waals surface area contributed by atoms with E-state index < -0.39 is 0 Å². The first-order valence-electron chi connectivity index (χ1n) is 4.48. The van der Waals surface area contributed by atoms with Crippen LogP contribution in [0.25, 0.3) is 0 Å². The molecule has 0 aliphatic carbocycles. The minimum Gasteiger partial charge on any atom is -0.371 e. The molecule has 1 atom stereocenters. The van der Waals surface area contributed by atoms with Crippen molar-refractivity contribution in [1.29, 1.82) is 0 Å². The second kappa shape index (κ2) is 3.40. The highest BCUT2D eigenvalue weighted by molar-refractivity contribution is 5.11. The Morgan fingerprint density at radius 1 is 1.64 bits per heavy atom. The first kappa shape index (κ1) is 8.79. The summed E-state index contributed by atoms with van der Waals surface area (Å²) >= 11 is 0. The Morgan fingerprint density at radius 3 is 2.91 bits per heavy atom. The number of hydrogen-bond acceptors (Lipinski definition) is 1. The van der Waals surface area contributed by atoms with Gasteiger partial charge < -0.3 is 4.74 Å². The summed E-state index contributed by atoms with van der Waals surface area (Å²) in [6.45, 7) is 7.47. The molecule has 1 unspecified atom stereocenters. The van der Waals surface area contributed by atoms with Gasteiger partial charge in [0.05, 0.1) is 12.2 Å². The number of ether oxygens (including phenoxy) is 1. The smallest absolute Gasteiger partial charge is 0.0837 e. The van der Waals surface area contributed by atoms with Crippen molar-refractivity contribution in [3.63, 3.8) is 0 Å². The first-order chi connectivity index (χ1) is 5.16. The van der Waals surface area contributed by atoms with Gasteiger partial charge in [-0.25, -0.2) is 0 Å². The molecule has 1 heterocycles. The number of hydrogen-bond donors (Lipinski definition) is 0. The molecule has 11 heavy (non-hydrogen) atoms. The summed E-state index contributed by atoms with van der Waals surface area (Å²) in [5.41, 5.74) is 1.52. The van der Waals surface area contributed by atoms with E-state index in [0.29, 0.717) is 0 Å². The molecule has 0 saturated heterocycles. The van der Waals surface area contributed by atoms with Crippen LogP contribution in [0.2, 0.25) is 0 Å². The molecule has 64 valence electrons. The van der Waals surface area contributed by atoms with Crippen molar-refractivity contribution < 1.29 is 4.74 Å². The molecule has 0 aromatic carbocycles. The van der Waals surface area contributed by atoms with Gasteiger partial charge in [-0.05, 0) is 26.7 Å². The van der Waals surface area contributed by atoms with Crippen LogP contribution in [0.3, 0.4) is 0 Å². The zero-order valence-electron chi connectivity index (χ0n) is 7.81. The van der Waals surface area contributed by atoms with E-state index in [9.17, 15) is 0 Å². The normalized spacial score (nSPS) is 31.7. The van der Waals surface area contributed by atoms with Crippen LogP contribution in [0.15, 0.2) is 11.6 Å². The molecule has 1 rings (SSSR count). The van der Waals surface area contributed by atoms with Crippen molar-refractivity contribution in [2.45, 2.75) is 45.6 Å². The lowest BCUT2D eigenvalue weighted by atomic mass is 9.94. The Morgan fingerprint density at radius 2 is 2.36 bits per heavy atom. The van der Waals surface area contributed by atoms with Crippen LogP contribution in [0.4, 0.5) is 0 Å². The Balaban J connectivity index is 2.61. The fourth-order valence-electron chi connectivity index (χ4n) is 1.72. The summed E-state index contributed by atoms with van der Waals surface area (Å²) in [7, 11) is 0. The highest BCUT2D eigenvalue weighted by Crippen LogP contribution is 2.26. The zero-order chi connectivity index (χ0) is 8.32. The van der Waals surface area contributed by atoms with Crippen LogP contribution in [-0.4, -0.2) is 12.2 Å². The molecule has 0 spiro atoms. The highest BCUT2D eigenvalue weighted by atomic mass is 16.5. The first-order valence-corrected chi connectivity index (χ1v) is 4.48. The van der Waals surface area contributed by atoms with Crippen molar-refractivity contribution in [3.05, 3.63) is 11.6 Å². The van der Waals surface area contributed by atoms with Crippen molar-refractivity contribution in [1.82, 2.24) is 0 Å². The monoisotopic (exact) mass is 154 g/mol. The maximum atomic E-state index is 5.70. The molecule has 0 saturated carbocycles. The fourth-order valence-corrected chi connectivity index (χ4v) is 1.72. The molecule has 1 aliphatic rings. The van der Waals surface area contributed by atoms with E-state index in [1.54, 1.807) is 0 Å². The van der Waals surface area contributed by atoms with Crippen molar-refractivity contribution in [2.75, 3.05) is 6.61 Å². The number of rotatable bonds is 2. The average molecular weight is 154 g/mol. The maximum absolute atomic E-state index is 5.70. The summed E-state index contributed by atoms with van der Waals surface area (Å²) in [6.07, 6.45) is 5.73. The van der Waals surface area contributed by atoms with Crippen molar-refractivity contribution in [3.8, 4) is 0 Å². The zero-order valence-corrected chi connectivity index (χ0v) is 7.81. The molecule has 0 bridgehead atoms. The third kappa shape index (κ3) is 2.33. The Hall–Kier alpha value is -0.300. The molecule has 0 fully saturated rings. The minimum atomic E-state index is 0.0388. The standard InChI is InChI=1S/C10H18O/c1-4-6-10(3)8-9(2)5-7-11-10/h8H,4-7H2,1-3H3. The molecule has 0 N–H and O–H groups in total. The van der Waals surface area contributed by atoms with E-state index in [-0.39, 0.29) is 5.60 Å². The maximum Gasteiger partial charge on any atom is 0.0837 e. The average Bonchev–Trinajstić information content (AvgIpc) is 1.86. The summed E-state index contributed by atoms with van der Waals surface area (Å²) in [5, 5.41) is 0. The van der Waals surface area contributed by atoms with Crippen LogP contribution >= 0.6 is 0 Å². The lowest BCUT2D eigenvalue weighted by Gasteiger charge is -2.31. The van der Waals surface area contributed by atoms with Crippen molar-refractivity contribution >= 4 is 0 Å². The van der Waals surface area contributed by atoms with Crippen LogP contribution in [0.1, 0.15) is 40.0 Å². The summed E-state index contributed by atoms with van der Waals surface area (Å²) in [6, 6.07) is 0. The minimum absolute atomic E-state index is 0.0388.